The fourth-order valence-corrected chi connectivity index (χ4v) is 5.38. The second-order valence-electron chi connectivity index (χ2n) is 5.92. The zero-order valence-corrected chi connectivity index (χ0v) is 21.5. The van der Waals surface area contributed by atoms with Gasteiger partial charge in [-0.15, -0.1) is 10.2 Å². The second-order valence-corrected chi connectivity index (χ2v) is 9.65. The molecule has 0 saturated carbocycles. The van der Waals surface area contributed by atoms with Crippen molar-refractivity contribution in [3.63, 3.8) is 0 Å². The first-order valence-electron chi connectivity index (χ1n) is 8.67. The molecule has 0 fully saturated rings. The lowest BCUT2D eigenvalue weighted by Crippen LogP contribution is -2.01. The van der Waals surface area contributed by atoms with Crippen molar-refractivity contribution in [1.82, 2.24) is 10.2 Å². The van der Waals surface area contributed by atoms with Crippen molar-refractivity contribution in [2.45, 2.75) is 25.2 Å². The van der Waals surface area contributed by atoms with E-state index < -0.39 is 5.97 Å². The summed E-state index contributed by atoms with van der Waals surface area (Å²) >= 11 is 11.5. The molecule has 0 saturated heterocycles. The molecule has 6 nitrogen and oxygen atoms in total. The summed E-state index contributed by atoms with van der Waals surface area (Å²) in [4.78, 5) is 11.8. The monoisotopic (exact) mass is 668 g/mol. The average molecular weight is 669 g/mol. The molecule has 0 spiro atoms. The standard InChI is InChI=1S/C20H15ClI2N2O4S/c1-2-17-24-25-20(29-17)30-16(19(26)27)9-11-7-14(22)18(15(23)8-11)28-10-12-5-3-4-6-13(12)21/h3-9H,2,10H2,1H3,(H,26,27)/b16-9-. The predicted molar refractivity (Wildman–Crippen MR) is 133 cm³/mol. The lowest BCUT2D eigenvalue weighted by atomic mass is 10.2. The zero-order valence-electron chi connectivity index (χ0n) is 15.6. The number of aromatic nitrogens is 2. The fraction of sp³-hybridized carbons (Fsp3) is 0.150. The number of aliphatic carboxylic acids is 1. The maximum absolute atomic E-state index is 11.7. The van der Waals surface area contributed by atoms with Crippen LogP contribution in [0.4, 0.5) is 0 Å². The quantitative estimate of drug-likeness (QED) is 0.172. The topological polar surface area (TPSA) is 85.5 Å². The van der Waals surface area contributed by atoms with Crippen LogP contribution >= 0.6 is 68.5 Å². The van der Waals surface area contributed by atoms with Crippen LogP contribution < -0.4 is 4.74 Å². The molecule has 1 heterocycles. The van der Waals surface area contributed by atoms with Gasteiger partial charge in [0.05, 0.1) is 7.14 Å². The zero-order chi connectivity index (χ0) is 21.7. The van der Waals surface area contributed by atoms with Gasteiger partial charge >= 0.3 is 5.97 Å². The van der Waals surface area contributed by atoms with Gasteiger partial charge in [-0.2, -0.15) is 0 Å². The molecule has 30 heavy (non-hydrogen) atoms. The van der Waals surface area contributed by atoms with Gasteiger partial charge in [0, 0.05) is 17.0 Å². The summed E-state index contributed by atoms with van der Waals surface area (Å²) in [5, 5.41) is 18.1. The number of hydrogen-bond donors (Lipinski definition) is 1. The van der Waals surface area contributed by atoms with E-state index in [0.29, 0.717) is 23.9 Å². The molecular formula is C20H15ClI2N2O4S. The molecule has 0 atom stereocenters. The van der Waals surface area contributed by atoms with Crippen LogP contribution in [-0.2, 0) is 17.8 Å². The van der Waals surface area contributed by atoms with Crippen molar-refractivity contribution < 1.29 is 19.1 Å². The van der Waals surface area contributed by atoms with Crippen LogP contribution in [0.2, 0.25) is 5.02 Å². The minimum absolute atomic E-state index is 0.0811. The molecule has 156 valence electrons. The highest BCUT2D eigenvalue weighted by molar-refractivity contribution is 14.1. The average Bonchev–Trinajstić information content (AvgIpc) is 3.16. The number of benzene rings is 2. The number of hydrogen-bond acceptors (Lipinski definition) is 6. The number of nitrogens with zero attached hydrogens (tertiary/aromatic N) is 2. The summed E-state index contributed by atoms with van der Waals surface area (Å²) in [6, 6.07) is 11.2. The van der Waals surface area contributed by atoms with Crippen molar-refractivity contribution in [3.05, 3.63) is 70.5 Å². The van der Waals surface area contributed by atoms with Gasteiger partial charge < -0.3 is 14.3 Å². The molecule has 3 rings (SSSR count). The van der Waals surface area contributed by atoms with Crippen LogP contribution in [0.3, 0.4) is 0 Å². The van der Waals surface area contributed by atoms with Crippen LogP contribution in [-0.4, -0.2) is 21.3 Å². The van der Waals surface area contributed by atoms with Crippen molar-refractivity contribution in [3.8, 4) is 5.75 Å². The summed E-state index contributed by atoms with van der Waals surface area (Å²) in [7, 11) is 0. The largest absolute Gasteiger partial charge is 0.487 e. The molecule has 0 amide bonds. The molecular weight excluding hydrogens is 654 g/mol. The fourth-order valence-electron chi connectivity index (χ4n) is 2.37. The molecule has 0 aliphatic carbocycles. The summed E-state index contributed by atoms with van der Waals surface area (Å²) in [6.45, 7) is 2.23. The highest BCUT2D eigenvalue weighted by Crippen LogP contribution is 2.33. The first-order valence-corrected chi connectivity index (χ1v) is 12.0. The highest BCUT2D eigenvalue weighted by atomic mass is 127. The number of ether oxygens (including phenoxy) is 1. The van der Waals surface area contributed by atoms with E-state index >= 15 is 0 Å². The third kappa shape index (κ3) is 6.11. The Bertz CT molecular complexity index is 1080. The van der Waals surface area contributed by atoms with E-state index in [9.17, 15) is 9.90 Å². The van der Waals surface area contributed by atoms with Gasteiger partial charge in [0.1, 0.15) is 17.3 Å². The number of aryl methyl sites for hydroxylation is 1. The Labute approximate surface area is 209 Å². The Kier molecular flexibility index (Phi) is 8.43. The summed E-state index contributed by atoms with van der Waals surface area (Å²) in [6.07, 6.45) is 2.16. The van der Waals surface area contributed by atoms with E-state index in [0.717, 1.165) is 35.8 Å². The Morgan fingerprint density at radius 2 is 1.97 bits per heavy atom. The summed E-state index contributed by atoms with van der Waals surface area (Å²) in [5.41, 5.74) is 1.62. The minimum Gasteiger partial charge on any atom is -0.487 e. The summed E-state index contributed by atoms with van der Waals surface area (Å²) in [5.74, 6) is 0.119. The molecule has 0 aliphatic heterocycles. The van der Waals surface area contributed by atoms with Gasteiger partial charge in [-0.05, 0) is 86.8 Å². The predicted octanol–water partition coefficient (Wildman–Crippen LogP) is 6.29. The number of carboxylic acid groups (broad SMARTS) is 1. The molecule has 1 aromatic heterocycles. The lowest BCUT2D eigenvalue weighted by molar-refractivity contribution is -0.131. The van der Waals surface area contributed by atoms with Crippen molar-refractivity contribution in [2.24, 2.45) is 0 Å². The Morgan fingerprint density at radius 3 is 2.57 bits per heavy atom. The molecule has 0 bridgehead atoms. The molecule has 0 unspecified atom stereocenters. The van der Waals surface area contributed by atoms with Crippen LogP contribution in [0.25, 0.3) is 6.08 Å². The number of halogens is 3. The van der Waals surface area contributed by atoms with E-state index in [2.05, 4.69) is 55.4 Å². The second kappa shape index (κ2) is 10.8. The first kappa shape index (κ1) is 23.4. The van der Waals surface area contributed by atoms with Gasteiger partial charge in [-0.1, -0.05) is 36.7 Å². The summed E-state index contributed by atoms with van der Waals surface area (Å²) < 4.78 is 13.1. The van der Waals surface area contributed by atoms with E-state index in [1.165, 1.54) is 0 Å². The Balaban J connectivity index is 1.81. The smallest absolute Gasteiger partial charge is 0.342 e. The van der Waals surface area contributed by atoms with Crippen LogP contribution in [0, 0.1) is 7.14 Å². The molecule has 0 radical (unpaired) electrons. The van der Waals surface area contributed by atoms with Crippen LogP contribution in [0.15, 0.2) is 50.9 Å². The van der Waals surface area contributed by atoms with Crippen molar-refractivity contribution in [1.29, 1.82) is 0 Å². The van der Waals surface area contributed by atoms with E-state index in [4.69, 9.17) is 20.8 Å². The molecule has 3 aromatic rings. The van der Waals surface area contributed by atoms with Crippen LogP contribution in [0.1, 0.15) is 23.9 Å². The van der Waals surface area contributed by atoms with E-state index in [1.54, 1.807) is 6.08 Å². The highest BCUT2D eigenvalue weighted by Gasteiger charge is 2.16. The van der Waals surface area contributed by atoms with Crippen molar-refractivity contribution >= 4 is 80.6 Å². The van der Waals surface area contributed by atoms with Gasteiger partial charge in [0.15, 0.2) is 0 Å². The lowest BCUT2D eigenvalue weighted by Gasteiger charge is -2.12. The van der Waals surface area contributed by atoms with Gasteiger partial charge in [0.2, 0.25) is 5.89 Å². The van der Waals surface area contributed by atoms with Gasteiger partial charge in [0.25, 0.3) is 5.22 Å². The Hall–Kier alpha value is -1.31. The number of carboxylic acids is 1. The number of rotatable bonds is 8. The number of carbonyl (C=O) groups is 1. The van der Waals surface area contributed by atoms with Gasteiger partial charge in [-0.25, -0.2) is 4.79 Å². The molecule has 1 N–H and O–H groups in total. The number of thioether (sulfide) groups is 1. The van der Waals surface area contributed by atoms with E-state index in [-0.39, 0.29) is 10.1 Å². The normalized spacial score (nSPS) is 11.5. The van der Waals surface area contributed by atoms with E-state index in [1.807, 2.05) is 43.3 Å². The maximum Gasteiger partial charge on any atom is 0.342 e. The third-order valence-corrected chi connectivity index (χ3v) is 6.63. The van der Waals surface area contributed by atoms with Crippen molar-refractivity contribution in [2.75, 3.05) is 0 Å². The first-order chi connectivity index (χ1) is 14.4. The SMILES string of the molecule is CCc1nnc(S/C(=C\c2cc(I)c(OCc3ccccc3Cl)c(I)c2)C(=O)O)o1. The minimum atomic E-state index is -1.07. The molecule has 10 heteroatoms. The molecule has 2 aromatic carbocycles. The van der Waals surface area contributed by atoms with Crippen LogP contribution in [0.5, 0.6) is 5.75 Å². The maximum atomic E-state index is 11.7. The Morgan fingerprint density at radius 1 is 1.27 bits per heavy atom. The van der Waals surface area contributed by atoms with Gasteiger partial charge in [-0.3, -0.25) is 0 Å². The third-order valence-electron chi connectivity index (χ3n) is 3.81. The molecule has 0 aliphatic rings.